The van der Waals surface area contributed by atoms with Crippen molar-refractivity contribution in [1.29, 1.82) is 0 Å². The number of ether oxygens (including phenoxy) is 1. The van der Waals surface area contributed by atoms with Gasteiger partial charge in [-0.2, -0.15) is 0 Å². The van der Waals surface area contributed by atoms with Gasteiger partial charge < -0.3 is 15.0 Å². The zero-order valence-electron chi connectivity index (χ0n) is 18.0. The van der Waals surface area contributed by atoms with E-state index in [4.69, 9.17) is 4.74 Å². The highest BCUT2D eigenvalue weighted by atomic mass is 32.1. The Balaban J connectivity index is 1.62. The van der Waals surface area contributed by atoms with Crippen LogP contribution in [-0.2, 0) is 4.74 Å². The van der Waals surface area contributed by atoms with Crippen LogP contribution in [0.5, 0.6) is 0 Å². The number of likely N-dealkylation sites (tertiary alicyclic amines) is 1. The Bertz CT molecular complexity index is 902. The van der Waals surface area contributed by atoms with E-state index in [1.807, 2.05) is 38.7 Å². The lowest BCUT2D eigenvalue weighted by molar-refractivity contribution is 0.0503. The third-order valence-electron chi connectivity index (χ3n) is 4.98. The standard InChI is InChI=1S/C23H29FN2O3S/c1-15-12-19(30-20(15)17-7-9-18(24)10-8-17)21(27)26-11-5-6-16(14-26)13-25-22(28)29-23(2,3)4/h7-10,12,16H,5-6,11,13-14H2,1-4H3,(H,25,28). The fourth-order valence-electron chi connectivity index (χ4n) is 3.59. The maximum Gasteiger partial charge on any atom is 0.407 e. The predicted octanol–water partition coefficient (Wildman–Crippen LogP) is 5.24. The molecule has 3 rings (SSSR count). The van der Waals surface area contributed by atoms with Crippen LogP contribution >= 0.6 is 11.3 Å². The SMILES string of the molecule is Cc1cc(C(=O)N2CCCC(CNC(=O)OC(C)(C)C)C2)sc1-c1ccc(F)cc1. The highest BCUT2D eigenvalue weighted by molar-refractivity contribution is 7.17. The van der Waals surface area contributed by atoms with E-state index in [9.17, 15) is 14.0 Å². The number of benzene rings is 1. The molecule has 2 amide bonds. The minimum Gasteiger partial charge on any atom is -0.444 e. The van der Waals surface area contributed by atoms with Gasteiger partial charge in [-0.15, -0.1) is 11.3 Å². The van der Waals surface area contributed by atoms with E-state index in [1.165, 1.54) is 23.5 Å². The molecule has 1 aliphatic heterocycles. The van der Waals surface area contributed by atoms with Crippen LogP contribution < -0.4 is 5.32 Å². The van der Waals surface area contributed by atoms with Gasteiger partial charge in [-0.3, -0.25) is 4.79 Å². The number of nitrogens with one attached hydrogen (secondary N) is 1. The molecule has 0 saturated carbocycles. The first-order valence-corrected chi connectivity index (χ1v) is 11.1. The van der Waals surface area contributed by atoms with E-state index in [2.05, 4.69) is 5.32 Å². The van der Waals surface area contributed by atoms with Gasteiger partial charge in [-0.25, -0.2) is 9.18 Å². The summed E-state index contributed by atoms with van der Waals surface area (Å²) in [6, 6.07) is 8.25. The zero-order chi connectivity index (χ0) is 21.9. The molecule has 0 spiro atoms. The monoisotopic (exact) mass is 432 g/mol. The Morgan fingerprint density at radius 2 is 1.97 bits per heavy atom. The van der Waals surface area contributed by atoms with Crippen molar-refractivity contribution in [3.8, 4) is 10.4 Å². The minimum absolute atomic E-state index is 0.0124. The number of carbonyl (C=O) groups excluding carboxylic acids is 2. The van der Waals surface area contributed by atoms with Crippen LogP contribution in [0.2, 0.25) is 0 Å². The molecule has 2 aromatic rings. The topological polar surface area (TPSA) is 58.6 Å². The van der Waals surface area contributed by atoms with Gasteiger partial charge in [0, 0.05) is 24.5 Å². The second-order valence-electron chi connectivity index (χ2n) is 8.77. The van der Waals surface area contributed by atoms with Crippen LogP contribution in [0.15, 0.2) is 30.3 Å². The number of piperidine rings is 1. The summed E-state index contributed by atoms with van der Waals surface area (Å²) in [5, 5.41) is 2.82. The van der Waals surface area contributed by atoms with E-state index in [1.54, 1.807) is 12.1 Å². The summed E-state index contributed by atoms with van der Waals surface area (Å²) in [4.78, 5) is 28.5. The lowest BCUT2D eigenvalue weighted by Crippen LogP contribution is -2.44. The van der Waals surface area contributed by atoms with Crippen LogP contribution in [0.1, 0.15) is 48.8 Å². The summed E-state index contributed by atoms with van der Waals surface area (Å²) < 4.78 is 18.5. The lowest BCUT2D eigenvalue weighted by atomic mass is 9.98. The van der Waals surface area contributed by atoms with Crippen molar-refractivity contribution in [3.63, 3.8) is 0 Å². The lowest BCUT2D eigenvalue weighted by Gasteiger charge is -2.32. The second kappa shape index (κ2) is 9.16. The zero-order valence-corrected chi connectivity index (χ0v) is 18.8. The van der Waals surface area contributed by atoms with Gasteiger partial charge >= 0.3 is 6.09 Å². The number of alkyl carbamates (subject to hydrolysis) is 1. The van der Waals surface area contributed by atoms with E-state index in [-0.39, 0.29) is 17.6 Å². The Morgan fingerprint density at radius 3 is 2.63 bits per heavy atom. The molecule has 0 radical (unpaired) electrons. The molecule has 2 heterocycles. The minimum atomic E-state index is -0.530. The van der Waals surface area contributed by atoms with Crippen LogP contribution in [0.25, 0.3) is 10.4 Å². The van der Waals surface area contributed by atoms with Gasteiger partial charge in [-0.1, -0.05) is 12.1 Å². The number of carbonyl (C=O) groups is 2. The van der Waals surface area contributed by atoms with Crippen molar-refractivity contribution >= 4 is 23.3 Å². The molecule has 1 atom stereocenters. The van der Waals surface area contributed by atoms with Crippen molar-refractivity contribution in [3.05, 3.63) is 46.6 Å². The Morgan fingerprint density at radius 1 is 1.27 bits per heavy atom. The van der Waals surface area contributed by atoms with Crippen LogP contribution in [0.3, 0.4) is 0 Å². The highest BCUT2D eigenvalue weighted by Gasteiger charge is 2.27. The van der Waals surface area contributed by atoms with Crippen molar-refractivity contribution in [2.45, 2.75) is 46.1 Å². The molecule has 1 unspecified atom stereocenters. The third kappa shape index (κ3) is 5.81. The maximum absolute atomic E-state index is 13.2. The smallest absolute Gasteiger partial charge is 0.407 e. The van der Waals surface area contributed by atoms with E-state index >= 15 is 0 Å². The van der Waals surface area contributed by atoms with Gasteiger partial charge in [0.15, 0.2) is 0 Å². The van der Waals surface area contributed by atoms with Crippen molar-refractivity contribution in [2.24, 2.45) is 5.92 Å². The highest BCUT2D eigenvalue weighted by Crippen LogP contribution is 2.33. The molecular formula is C23H29FN2O3S. The number of aryl methyl sites for hydroxylation is 1. The fraction of sp³-hybridized carbons (Fsp3) is 0.478. The molecule has 5 nitrogen and oxygen atoms in total. The number of amides is 2. The molecule has 1 aromatic heterocycles. The number of rotatable bonds is 4. The molecule has 1 fully saturated rings. The summed E-state index contributed by atoms with van der Waals surface area (Å²) in [6.07, 6.45) is 1.44. The summed E-state index contributed by atoms with van der Waals surface area (Å²) in [6.45, 7) is 9.27. The third-order valence-corrected chi connectivity index (χ3v) is 6.25. The van der Waals surface area contributed by atoms with Crippen LogP contribution in [0.4, 0.5) is 9.18 Å². The molecule has 0 bridgehead atoms. The first-order valence-electron chi connectivity index (χ1n) is 10.2. The van der Waals surface area contributed by atoms with Gasteiger partial charge in [0.25, 0.3) is 5.91 Å². The average Bonchev–Trinajstić information content (AvgIpc) is 3.07. The van der Waals surface area contributed by atoms with Gasteiger partial charge in [0.1, 0.15) is 11.4 Å². The summed E-state index contributed by atoms with van der Waals surface area (Å²) in [5.41, 5.74) is 1.39. The second-order valence-corrected chi connectivity index (χ2v) is 9.82. The number of nitrogens with zero attached hydrogens (tertiary/aromatic N) is 1. The van der Waals surface area contributed by atoms with E-state index < -0.39 is 11.7 Å². The van der Waals surface area contributed by atoms with Crippen molar-refractivity contribution in [2.75, 3.05) is 19.6 Å². The van der Waals surface area contributed by atoms with Crippen molar-refractivity contribution in [1.82, 2.24) is 10.2 Å². The van der Waals surface area contributed by atoms with Crippen molar-refractivity contribution < 1.29 is 18.7 Å². The first kappa shape index (κ1) is 22.3. The molecule has 162 valence electrons. The molecule has 1 aromatic carbocycles. The van der Waals surface area contributed by atoms with Gasteiger partial charge in [-0.05, 0) is 75.8 Å². The molecular weight excluding hydrogens is 403 g/mol. The van der Waals surface area contributed by atoms with E-state index in [0.717, 1.165) is 28.8 Å². The molecule has 1 saturated heterocycles. The fourth-order valence-corrected chi connectivity index (χ4v) is 4.74. The Labute approximate surface area is 181 Å². The van der Waals surface area contributed by atoms with Gasteiger partial charge in [0.05, 0.1) is 4.88 Å². The predicted molar refractivity (Wildman–Crippen MR) is 117 cm³/mol. The van der Waals surface area contributed by atoms with E-state index in [0.29, 0.717) is 24.5 Å². The number of halogens is 1. The normalized spacial score (nSPS) is 17.0. The average molecular weight is 433 g/mol. The molecule has 1 N–H and O–H groups in total. The van der Waals surface area contributed by atoms with Gasteiger partial charge in [0.2, 0.25) is 0 Å². The molecule has 0 aliphatic carbocycles. The quantitative estimate of drug-likeness (QED) is 0.719. The number of hydrogen-bond acceptors (Lipinski definition) is 4. The maximum atomic E-state index is 13.2. The molecule has 7 heteroatoms. The van der Waals surface area contributed by atoms with Crippen LogP contribution in [0, 0.1) is 18.7 Å². The largest absolute Gasteiger partial charge is 0.444 e. The Kier molecular flexibility index (Phi) is 6.81. The van der Waals surface area contributed by atoms with Crippen LogP contribution in [-0.4, -0.2) is 42.1 Å². The Hall–Kier alpha value is -2.41. The number of thiophene rings is 1. The first-order chi connectivity index (χ1) is 14.1. The summed E-state index contributed by atoms with van der Waals surface area (Å²) in [5.74, 6) is -0.0603. The number of hydrogen-bond donors (Lipinski definition) is 1. The summed E-state index contributed by atoms with van der Waals surface area (Å²) >= 11 is 1.44. The molecule has 30 heavy (non-hydrogen) atoms. The molecule has 1 aliphatic rings. The summed E-state index contributed by atoms with van der Waals surface area (Å²) in [7, 11) is 0.